The highest BCUT2D eigenvalue weighted by molar-refractivity contribution is 5.41. The van der Waals surface area contributed by atoms with E-state index in [9.17, 15) is 0 Å². The Morgan fingerprint density at radius 2 is 1.64 bits per heavy atom. The molecule has 0 amide bonds. The van der Waals surface area contributed by atoms with Gasteiger partial charge >= 0.3 is 0 Å². The number of aryl methyl sites for hydroxylation is 3. The van der Waals surface area contributed by atoms with Crippen LogP contribution in [0.4, 0.5) is 0 Å². The third kappa shape index (κ3) is 1.36. The zero-order chi connectivity index (χ0) is 10.3. The van der Waals surface area contributed by atoms with E-state index in [1.165, 1.54) is 22.3 Å². The van der Waals surface area contributed by atoms with Crippen LogP contribution >= 0.6 is 0 Å². The van der Waals surface area contributed by atoms with Crippen LogP contribution in [0.3, 0.4) is 0 Å². The van der Waals surface area contributed by atoms with Crippen molar-refractivity contribution in [2.75, 3.05) is 6.61 Å². The highest BCUT2D eigenvalue weighted by Gasteiger charge is 2.37. The largest absolute Gasteiger partial charge is 0.370 e. The van der Waals surface area contributed by atoms with E-state index < -0.39 is 0 Å². The van der Waals surface area contributed by atoms with Gasteiger partial charge in [0.15, 0.2) is 0 Å². The lowest BCUT2D eigenvalue weighted by Crippen LogP contribution is -2.39. The standard InChI is InChI=1S/C13H18O/c1-9-7-10(2)12(11(3)8-9)13(4)5-6-14-13/h7-8H,5-6H2,1-4H3. The van der Waals surface area contributed by atoms with E-state index in [1.807, 2.05) is 0 Å². The summed E-state index contributed by atoms with van der Waals surface area (Å²) in [7, 11) is 0. The summed E-state index contributed by atoms with van der Waals surface area (Å²) in [6.45, 7) is 9.61. The summed E-state index contributed by atoms with van der Waals surface area (Å²) in [6.07, 6.45) is 1.15. The lowest BCUT2D eigenvalue weighted by atomic mass is 9.82. The van der Waals surface area contributed by atoms with Crippen LogP contribution in [0.15, 0.2) is 12.1 Å². The van der Waals surface area contributed by atoms with Gasteiger partial charge in [0.05, 0.1) is 12.2 Å². The van der Waals surface area contributed by atoms with Crippen molar-refractivity contribution in [3.8, 4) is 0 Å². The second-order valence-corrected chi connectivity index (χ2v) is 4.60. The molecule has 2 rings (SSSR count). The Kier molecular flexibility index (Phi) is 2.15. The third-order valence-electron chi connectivity index (χ3n) is 3.21. The highest BCUT2D eigenvalue weighted by Crippen LogP contribution is 2.40. The summed E-state index contributed by atoms with van der Waals surface area (Å²) in [5.74, 6) is 0. The van der Waals surface area contributed by atoms with Gasteiger partial charge < -0.3 is 4.74 Å². The van der Waals surface area contributed by atoms with Gasteiger partial charge in [-0.15, -0.1) is 0 Å². The summed E-state index contributed by atoms with van der Waals surface area (Å²) >= 11 is 0. The minimum Gasteiger partial charge on any atom is -0.370 e. The Hall–Kier alpha value is -0.820. The third-order valence-corrected chi connectivity index (χ3v) is 3.21. The van der Waals surface area contributed by atoms with E-state index in [1.54, 1.807) is 0 Å². The van der Waals surface area contributed by atoms with Gasteiger partial charge in [0.25, 0.3) is 0 Å². The number of ether oxygens (including phenoxy) is 1. The molecular formula is C13H18O. The molecule has 1 fully saturated rings. The molecule has 1 heterocycles. The maximum absolute atomic E-state index is 5.71. The zero-order valence-electron chi connectivity index (χ0n) is 9.48. The monoisotopic (exact) mass is 190 g/mol. The van der Waals surface area contributed by atoms with Gasteiger partial charge in [-0.3, -0.25) is 0 Å². The van der Waals surface area contributed by atoms with Gasteiger partial charge in [0.2, 0.25) is 0 Å². The first-order valence-electron chi connectivity index (χ1n) is 5.25. The molecule has 0 spiro atoms. The molecule has 0 bridgehead atoms. The number of hydrogen-bond acceptors (Lipinski definition) is 1. The predicted molar refractivity (Wildman–Crippen MR) is 58.6 cm³/mol. The van der Waals surface area contributed by atoms with Crippen LogP contribution in [0.1, 0.15) is 35.6 Å². The topological polar surface area (TPSA) is 9.23 Å². The van der Waals surface area contributed by atoms with E-state index in [-0.39, 0.29) is 5.60 Å². The summed E-state index contributed by atoms with van der Waals surface area (Å²) in [5.41, 5.74) is 5.46. The molecule has 1 aliphatic heterocycles. The Bertz CT molecular complexity index is 338. The SMILES string of the molecule is Cc1cc(C)c(C2(C)CCO2)c(C)c1. The number of rotatable bonds is 1. The normalized spacial score (nSPS) is 26.0. The average molecular weight is 190 g/mol. The van der Waals surface area contributed by atoms with Gasteiger partial charge in [-0.1, -0.05) is 17.7 Å². The Morgan fingerprint density at radius 1 is 1.14 bits per heavy atom. The van der Waals surface area contributed by atoms with Crippen LogP contribution in [0, 0.1) is 20.8 Å². The molecule has 1 saturated heterocycles. The fourth-order valence-corrected chi connectivity index (χ4v) is 2.62. The Labute approximate surface area is 86.1 Å². The molecule has 1 heteroatoms. The molecule has 1 atom stereocenters. The van der Waals surface area contributed by atoms with Crippen LogP contribution in [-0.2, 0) is 10.3 Å². The maximum atomic E-state index is 5.71. The molecule has 1 nitrogen and oxygen atoms in total. The molecule has 0 aromatic heterocycles. The first-order valence-corrected chi connectivity index (χ1v) is 5.25. The highest BCUT2D eigenvalue weighted by atomic mass is 16.5. The molecule has 14 heavy (non-hydrogen) atoms. The second kappa shape index (κ2) is 3.09. The lowest BCUT2D eigenvalue weighted by molar-refractivity contribution is -0.141. The van der Waals surface area contributed by atoms with Crippen LogP contribution in [0.5, 0.6) is 0 Å². The van der Waals surface area contributed by atoms with Crippen LogP contribution in [0.2, 0.25) is 0 Å². The van der Waals surface area contributed by atoms with E-state index in [0.29, 0.717) is 0 Å². The van der Waals surface area contributed by atoms with Crippen molar-refractivity contribution in [1.82, 2.24) is 0 Å². The number of benzene rings is 1. The lowest BCUT2D eigenvalue weighted by Gasteiger charge is -2.41. The van der Waals surface area contributed by atoms with Crippen molar-refractivity contribution in [3.05, 3.63) is 34.4 Å². The first-order chi connectivity index (χ1) is 6.53. The molecule has 1 aromatic carbocycles. The molecule has 1 unspecified atom stereocenters. The summed E-state index contributed by atoms with van der Waals surface area (Å²) in [5, 5.41) is 0. The predicted octanol–water partition coefficient (Wildman–Crippen LogP) is 3.25. The molecule has 0 aliphatic carbocycles. The molecular weight excluding hydrogens is 172 g/mol. The Balaban J connectivity index is 2.52. The van der Waals surface area contributed by atoms with Crippen LogP contribution in [0.25, 0.3) is 0 Å². The molecule has 1 aromatic rings. The van der Waals surface area contributed by atoms with E-state index in [0.717, 1.165) is 13.0 Å². The van der Waals surface area contributed by atoms with Gasteiger partial charge in [-0.05, 0) is 44.4 Å². The van der Waals surface area contributed by atoms with Crippen molar-refractivity contribution in [1.29, 1.82) is 0 Å². The minimum atomic E-state index is -0.0120. The van der Waals surface area contributed by atoms with Gasteiger partial charge in [0, 0.05) is 6.42 Å². The Morgan fingerprint density at radius 3 is 2.00 bits per heavy atom. The van der Waals surface area contributed by atoms with Gasteiger partial charge in [-0.2, -0.15) is 0 Å². The molecule has 1 aliphatic rings. The first kappa shape index (κ1) is 9.72. The van der Waals surface area contributed by atoms with Crippen molar-refractivity contribution >= 4 is 0 Å². The van der Waals surface area contributed by atoms with E-state index in [2.05, 4.69) is 39.8 Å². The second-order valence-electron chi connectivity index (χ2n) is 4.60. The van der Waals surface area contributed by atoms with Crippen molar-refractivity contribution in [3.63, 3.8) is 0 Å². The molecule has 0 N–H and O–H groups in total. The van der Waals surface area contributed by atoms with Crippen molar-refractivity contribution < 1.29 is 4.74 Å². The quantitative estimate of drug-likeness (QED) is 0.660. The summed E-state index contributed by atoms with van der Waals surface area (Å²) in [4.78, 5) is 0. The average Bonchev–Trinajstić information content (AvgIpc) is 1.99. The minimum absolute atomic E-state index is 0.0120. The van der Waals surface area contributed by atoms with Crippen molar-refractivity contribution in [2.45, 2.75) is 39.7 Å². The molecule has 0 saturated carbocycles. The fraction of sp³-hybridized carbons (Fsp3) is 0.538. The summed E-state index contributed by atoms with van der Waals surface area (Å²) < 4.78 is 5.71. The van der Waals surface area contributed by atoms with Crippen LogP contribution in [-0.4, -0.2) is 6.61 Å². The summed E-state index contributed by atoms with van der Waals surface area (Å²) in [6, 6.07) is 4.49. The fourth-order valence-electron chi connectivity index (χ4n) is 2.62. The number of hydrogen-bond donors (Lipinski definition) is 0. The molecule has 0 radical (unpaired) electrons. The zero-order valence-corrected chi connectivity index (χ0v) is 9.48. The molecule has 76 valence electrons. The van der Waals surface area contributed by atoms with E-state index in [4.69, 9.17) is 4.74 Å². The van der Waals surface area contributed by atoms with Gasteiger partial charge in [-0.25, -0.2) is 0 Å². The van der Waals surface area contributed by atoms with Crippen molar-refractivity contribution in [2.24, 2.45) is 0 Å². The maximum Gasteiger partial charge on any atom is 0.0930 e. The van der Waals surface area contributed by atoms with Crippen LogP contribution < -0.4 is 0 Å². The van der Waals surface area contributed by atoms with E-state index >= 15 is 0 Å². The van der Waals surface area contributed by atoms with Gasteiger partial charge in [0.1, 0.15) is 0 Å². The smallest absolute Gasteiger partial charge is 0.0930 e.